The van der Waals surface area contributed by atoms with Crippen LogP contribution >= 0.6 is 0 Å². The molecule has 0 aliphatic rings. The van der Waals surface area contributed by atoms with Gasteiger partial charge in [-0.05, 0) is 151 Å². The van der Waals surface area contributed by atoms with Gasteiger partial charge in [0.25, 0.3) is 0 Å². The molecule has 0 heterocycles. The highest BCUT2D eigenvalue weighted by molar-refractivity contribution is 7.91. The van der Waals surface area contributed by atoms with E-state index in [-0.39, 0.29) is 20.9 Å². The van der Waals surface area contributed by atoms with E-state index in [0.29, 0.717) is 0 Å². The Kier molecular flexibility index (Phi) is 88.0. The summed E-state index contributed by atoms with van der Waals surface area (Å²) in [5.41, 5.74) is -0.0367. The quantitative estimate of drug-likeness (QED) is 0.0504. The third kappa shape index (κ3) is 74.1. The minimum Gasteiger partial charge on any atom is -0.478 e. The molecule has 0 aliphatic carbocycles. The molecule has 0 amide bonds. The van der Waals surface area contributed by atoms with Crippen molar-refractivity contribution in [2.45, 2.75) is 579 Å². The Balaban J connectivity index is 0.00000188. The molecule has 8 nitrogen and oxygen atoms in total. The van der Waals surface area contributed by atoms with E-state index >= 15 is 0 Å². The van der Waals surface area contributed by atoms with Gasteiger partial charge in [-0.1, -0.05) is 466 Å². The van der Waals surface area contributed by atoms with Crippen LogP contribution in [0.15, 0.2) is 58.3 Å². The van der Waals surface area contributed by atoms with Crippen LogP contribution in [0, 0.1) is 0 Å². The highest BCUT2D eigenvalue weighted by Gasteiger charge is 2.28. The second-order valence-corrected chi connectivity index (χ2v) is 40.0. The molecule has 0 spiro atoms. The number of quaternary nitrogens is 2. The molecule has 0 radical (unpaired) electrons. The number of rotatable bonds is 92. The maximum atomic E-state index is 12.3. The Bertz CT molecular complexity index is 2110. The Hall–Kier alpha value is -2.75. The first kappa shape index (κ1) is 116. The molecule has 0 saturated heterocycles. The van der Waals surface area contributed by atoms with Crippen LogP contribution in [0.2, 0.25) is 0 Å². The largest absolute Gasteiger partial charge is 0.478 e. The smallest absolute Gasteiger partial charge is 0.335 e. The predicted octanol–water partition coefficient (Wildman–Crippen LogP) is 36.9. The van der Waals surface area contributed by atoms with Gasteiger partial charge in [-0.3, -0.25) is 0 Å². The van der Waals surface area contributed by atoms with Gasteiger partial charge in [0.15, 0.2) is 0 Å². The number of nitrogens with zero attached hydrogens (tertiary/aromatic N) is 2. The molecule has 700 valence electrons. The summed E-state index contributed by atoms with van der Waals surface area (Å²) in [5.74, 6) is -2.30. The maximum Gasteiger partial charge on any atom is 0.335 e. The van der Waals surface area contributed by atoms with Crippen LogP contribution < -0.4 is 0 Å². The summed E-state index contributed by atoms with van der Waals surface area (Å²) in [6, 6.07) is 9.57. The lowest BCUT2D eigenvalue weighted by molar-refractivity contribution is -0.929. The Morgan fingerprint density at radius 1 is 0.185 bits per heavy atom. The molecule has 0 aromatic heterocycles. The van der Waals surface area contributed by atoms with E-state index in [2.05, 4.69) is 55.4 Å². The van der Waals surface area contributed by atoms with Gasteiger partial charge in [0.2, 0.25) is 9.84 Å². The first-order valence-corrected chi connectivity index (χ1v) is 55.4. The summed E-state index contributed by atoms with van der Waals surface area (Å²) in [7, 11) is -3.81. The Morgan fingerprint density at radius 2 is 0.286 bits per heavy atom. The number of hydrogen-bond acceptors (Lipinski definition) is 4. The standard InChI is InChI=1S/2C48H100N.C14H10O6S/c2*1-5-9-13-17-21-25-29-33-37-41-45-49(46-42-38-34-30-26-22-18-14-10-6-2,47-43-39-35-31-27-23-19-15-11-7-3)48-44-40-36-32-28-24-20-16-12-8-4;15-13(16)9-1-5-11(6-2-9)21(19,20)12-7-3-10(4-8-12)14(17)18/h2*5-48H2,1-4H3;1-8H,(H,15,16)(H,17,18)/q2*+1;. The summed E-state index contributed by atoms with van der Waals surface area (Å²) < 4.78 is 27.6. The number of carboxylic acid groups (broad SMARTS) is 2. The zero-order chi connectivity index (χ0) is 86.8. The van der Waals surface area contributed by atoms with Crippen LogP contribution in [-0.4, -0.2) is 91.9 Å². The van der Waals surface area contributed by atoms with Crippen molar-refractivity contribution in [2.24, 2.45) is 0 Å². The van der Waals surface area contributed by atoms with Crippen molar-refractivity contribution < 1.29 is 37.2 Å². The molecule has 2 aromatic rings. The van der Waals surface area contributed by atoms with Gasteiger partial charge >= 0.3 is 11.9 Å². The molecular weight excluding hydrogens is 1480 g/mol. The van der Waals surface area contributed by atoms with Crippen LogP contribution in [0.25, 0.3) is 0 Å². The molecule has 0 bridgehead atoms. The van der Waals surface area contributed by atoms with Gasteiger partial charge in [0.1, 0.15) is 0 Å². The van der Waals surface area contributed by atoms with Crippen LogP contribution in [0.3, 0.4) is 0 Å². The molecule has 2 aromatic carbocycles. The molecular formula is C110H210N2O6S+2. The molecule has 0 unspecified atom stereocenters. The van der Waals surface area contributed by atoms with Gasteiger partial charge in [-0.25, -0.2) is 18.0 Å². The summed E-state index contributed by atoms with van der Waals surface area (Å²) >= 11 is 0. The average molecular weight is 1690 g/mol. The van der Waals surface area contributed by atoms with Gasteiger partial charge in [0, 0.05) is 0 Å². The van der Waals surface area contributed by atoms with E-state index < -0.39 is 21.8 Å². The van der Waals surface area contributed by atoms with Crippen molar-refractivity contribution in [3.05, 3.63) is 59.7 Å². The lowest BCUT2D eigenvalue weighted by Gasteiger charge is -2.40. The summed E-state index contributed by atoms with van der Waals surface area (Å²) in [6.45, 7) is 30.6. The minimum atomic E-state index is -3.81. The fraction of sp³-hybridized carbons (Fsp3) is 0.873. The van der Waals surface area contributed by atoms with E-state index in [4.69, 9.17) is 10.2 Å². The number of sulfone groups is 1. The lowest BCUT2D eigenvalue weighted by Crippen LogP contribution is -2.50. The van der Waals surface area contributed by atoms with Gasteiger partial charge in [-0.15, -0.1) is 0 Å². The van der Waals surface area contributed by atoms with E-state index in [0.717, 1.165) is 0 Å². The fourth-order valence-corrected chi connectivity index (χ4v) is 19.8. The molecule has 0 aliphatic heterocycles. The Morgan fingerprint density at radius 3 is 0.387 bits per heavy atom. The van der Waals surface area contributed by atoms with Crippen molar-refractivity contribution in [1.29, 1.82) is 0 Å². The van der Waals surface area contributed by atoms with Crippen LogP contribution in [0.1, 0.15) is 590 Å². The predicted molar refractivity (Wildman–Crippen MR) is 526 cm³/mol. The summed E-state index contributed by atoms with van der Waals surface area (Å²) in [6.07, 6.45) is 117. The zero-order valence-corrected chi connectivity index (χ0v) is 82.5. The van der Waals surface area contributed by atoms with Crippen molar-refractivity contribution >= 4 is 21.8 Å². The van der Waals surface area contributed by atoms with Crippen molar-refractivity contribution in [3.63, 3.8) is 0 Å². The Labute approximate surface area is 745 Å². The third-order valence-corrected chi connectivity index (χ3v) is 28.5. The molecule has 119 heavy (non-hydrogen) atoms. The molecule has 2 N–H and O–H groups in total. The summed E-state index contributed by atoms with van der Waals surface area (Å²) in [5, 5.41) is 17.5. The maximum absolute atomic E-state index is 12.3. The number of aromatic carboxylic acids is 2. The van der Waals surface area contributed by atoms with Crippen LogP contribution in [0.4, 0.5) is 0 Å². The lowest BCUT2D eigenvalue weighted by atomic mass is 10.0. The molecule has 0 fully saturated rings. The second-order valence-electron chi connectivity index (χ2n) is 38.1. The normalized spacial score (nSPS) is 11.8. The molecule has 0 atom stereocenters. The molecule has 2 rings (SSSR count). The first-order valence-electron chi connectivity index (χ1n) is 53.9. The number of carboxylic acids is 2. The summed E-state index contributed by atoms with van der Waals surface area (Å²) in [4.78, 5) is 21.3. The van der Waals surface area contributed by atoms with E-state index in [1.807, 2.05) is 0 Å². The second kappa shape index (κ2) is 90.1. The monoisotopic (exact) mass is 1690 g/mol. The van der Waals surface area contributed by atoms with Gasteiger partial charge in [0.05, 0.1) is 73.3 Å². The highest BCUT2D eigenvalue weighted by Crippen LogP contribution is 2.27. The van der Waals surface area contributed by atoms with Gasteiger partial charge in [-0.2, -0.15) is 0 Å². The van der Waals surface area contributed by atoms with E-state index in [1.54, 1.807) is 0 Å². The number of carbonyl (C=O) groups is 2. The van der Waals surface area contributed by atoms with Crippen LogP contribution in [0.5, 0.6) is 0 Å². The fourth-order valence-electron chi connectivity index (χ4n) is 18.5. The highest BCUT2D eigenvalue weighted by atomic mass is 32.2. The topological polar surface area (TPSA) is 109 Å². The van der Waals surface area contributed by atoms with Gasteiger partial charge < -0.3 is 19.2 Å². The van der Waals surface area contributed by atoms with E-state index in [9.17, 15) is 18.0 Å². The molecule has 0 saturated carbocycles. The SMILES string of the molecule is CCCCCCCCCCCC[N+](CCCCCCCCCCCC)(CCCCCCCCCCCC)CCCCCCCCCCCC.CCCCCCCCCCCC[N+](CCCCCCCCCCCC)(CCCCCCCCCCCC)CCCCCCCCCCCC.O=C(O)c1ccc(S(=O)(=O)c2ccc(C(=O)O)cc2)cc1. The minimum absolute atomic E-state index is 0.0184. The molecule has 9 heteroatoms. The first-order chi connectivity index (χ1) is 58.3. The van der Waals surface area contributed by atoms with Crippen molar-refractivity contribution in [1.82, 2.24) is 0 Å². The zero-order valence-electron chi connectivity index (χ0n) is 81.7. The third-order valence-electron chi connectivity index (χ3n) is 26.7. The van der Waals surface area contributed by atoms with Crippen LogP contribution in [-0.2, 0) is 9.84 Å². The number of hydrogen-bond donors (Lipinski definition) is 2. The number of benzene rings is 2. The average Bonchev–Trinajstić information content (AvgIpc) is 0.820. The van der Waals surface area contributed by atoms with E-state index in [1.165, 1.54) is 624 Å². The van der Waals surface area contributed by atoms with Crippen molar-refractivity contribution in [3.8, 4) is 0 Å². The number of unbranched alkanes of at least 4 members (excludes halogenated alkanes) is 72. The van der Waals surface area contributed by atoms with Crippen molar-refractivity contribution in [2.75, 3.05) is 52.4 Å².